The van der Waals surface area contributed by atoms with Crippen molar-refractivity contribution in [3.05, 3.63) is 92.1 Å². The van der Waals surface area contributed by atoms with E-state index in [4.69, 9.17) is 14.2 Å². The van der Waals surface area contributed by atoms with Crippen LogP contribution in [0.4, 0.5) is 0 Å². The summed E-state index contributed by atoms with van der Waals surface area (Å²) >= 11 is 3.48. The summed E-state index contributed by atoms with van der Waals surface area (Å²) in [6.45, 7) is 5.90. The Bertz CT molecular complexity index is 1280. The van der Waals surface area contributed by atoms with E-state index in [2.05, 4.69) is 52.0 Å². The third-order valence-corrected chi connectivity index (χ3v) is 6.49. The number of hydrogen-bond acceptors (Lipinski definition) is 5. The number of benzene rings is 3. The minimum absolute atomic E-state index is 0.122. The zero-order chi connectivity index (χ0) is 23.1. The Balaban J connectivity index is 1.47. The van der Waals surface area contributed by atoms with Gasteiger partial charge in [0, 0.05) is 23.1 Å². The van der Waals surface area contributed by atoms with Gasteiger partial charge in [-0.1, -0.05) is 45.8 Å². The van der Waals surface area contributed by atoms with Gasteiger partial charge in [0.2, 0.25) is 5.78 Å². The van der Waals surface area contributed by atoms with E-state index >= 15 is 0 Å². The van der Waals surface area contributed by atoms with Gasteiger partial charge in [0.25, 0.3) is 0 Å². The lowest BCUT2D eigenvalue weighted by Crippen LogP contribution is -2.31. The van der Waals surface area contributed by atoms with Crippen LogP contribution in [0.3, 0.4) is 0 Å². The Hall–Kier alpha value is -3.09. The van der Waals surface area contributed by atoms with Gasteiger partial charge in [0.1, 0.15) is 24.0 Å². The first-order valence-electron chi connectivity index (χ1n) is 10.8. The van der Waals surface area contributed by atoms with Crippen molar-refractivity contribution in [2.24, 2.45) is 0 Å². The average molecular weight is 506 g/mol. The first-order chi connectivity index (χ1) is 15.9. The highest BCUT2D eigenvalue weighted by Crippen LogP contribution is 2.44. The third kappa shape index (κ3) is 4.16. The van der Waals surface area contributed by atoms with Crippen molar-refractivity contribution in [3.63, 3.8) is 0 Å². The molecule has 0 radical (unpaired) electrons. The van der Waals surface area contributed by atoms with Crippen LogP contribution in [0, 0.1) is 13.8 Å². The second-order valence-electron chi connectivity index (χ2n) is 8.45. The van der Waals surface area contributed by atoms with Crippen LogP contribution in [0.25, 0.3) is 6.08 Å². The molecule has 0 amide bonds. The van der Waals surface area contributed by atoms with Crippen LogP contribution in [0.15, 0.2) is 58.8 Å². The molecular weight excluding hydrogens is 482 g/mol. The maximum absolute atomic E-state index is 13.3. The number of rotatable bonds is 4. The number of carbonyl (C=O) groups is 1. The maximum Gasteiger partial charge on any atom is 0.232 e. The van der Waals surface area contributed by atoms with Crippen LogP contribution >= 0.6 is 15.9 Å². The van der Waals surface area contributed by atoms with Gasteiger partial charge in [0.15, 0.2) is 5.76 Å². The summed E-state index contributed by atoms with van der Waals surface area (Å²) < 4.78 is 18.6. The fraction of sp³-hybridized carbons (Fsp3) is 0.222. The first kappa shape index (κ1) is 21.7. The van der Waals surface area contributed by atoms with Crippen LogP contribution in [-0.2, 0) is 13.1 Å². The summed E-state index contributed by atoms with van der Waals surface area (Å²) in [6.07, 6.45) is 1.74. The first-order valence-corrected chi connectivity index (χ1v) is 11.6. The topological polar surface area (TPSA) is 48.0 Å². The molecule has 0 spiro atoms. The number of Topliss-reactive ketones (excluding diaryl/α,β-unsaturated/α-hetero) is 1. The predicted octanol–water partition coefficient (Wildman–Crippen LogP) is 6.04. The van der Waals surface area contributed by atoms with Crippen LogP contribution in [0.5, 0.6) is 17.2 Å². The molecule has 2 heterocycles. The molecule has 2 aliphatic heterocycles. The molecule has 33 heavy (non-hydrogen) atoms. The minimum atomic E-state index is -0.122. The highest BCUT2D eigenvalue weighted by Gasteiger charge is 2.35. The van der Waals surface area contributed by atoms with Gasteiger partial charge in [-0.2, -0.15) is 0 Å². The van der Waals surface area contributed by atoms with E-state index in [0.717, 1.165) is 33.5 Å². The van der Waals surface area contributed by atoms with Gasteiger partial charge in [-0.05, 0) is 55.3 Å². The van der Waals surface area contributed by atoms with Crippen LogP contribution in [-0.4, -0.2) is 24.5 Å². The van der Waals surface area contributed by atoms with E-state index in [1.54, 1.807) is 13.2 Å². The lowest BCUT2D eigenvalue weighted by atomic mass is 9.98. The van der Waals surface area contributed by atoms with E-state index in [9.17, 15) is 4.79 Å². The lowest BCUT2D eigenvalue weighted by Gasteiger charge is -2.30. The number of hydrogen-bond donors (Lipinski definition) is 0. The minimum Gasteiger partial charge on any atom is -0.496 e. The van der Waals surface area contributed by atoms with Gasteiger partial charge >= 0.3 is 0 Å². The zero-order valence-corrected chi connectivity index (χ0v) is 20.4. The van der Waals surface area contributed by atoms with Crippen molar-refractivity contribution < 1.29 is 19.0 Å². The van der Waals surface area contributed by atoms with Crippen LogP contribution in [0.2, 0.25) is 0 Å². The molecule has 0 aromatic heterocycles. The molecule has 168 valence electrons. The summed E-state index contributed by atoms with van der Waals surface area (Å²) in [7, 11) is 1.61. The lowest BCUT2D eigenvalue weighted by molar-refractivity contribution is 0.0872. The highest BCUT2D eigenvalue weighted by molar-refractivity contribution is 9.10. The summed E-state index contributed by atoms with van der Waals surface area (Å²) in [6, 6.07) is 16.1. The fourth-order valence-corrected chi connectivity index (χ4v) is 4.67. The molecule has 0 saturated carbocycles. The Morgan fingerprint density at radius 3 is 2.67 bits per heavy atom. The molecule has 3 aromatic rings. The van der Waals surface area contributed by atoms with Gasteiger partial charge < -0.3 is 14.2 Å². The number of ketones is 1. The number of ether oxygens (including phenoxy) is 3. The number of methoxy groups -OCH3 is 1. The van der Waals surface area contributed by atoms with E-state index in [-0.39, 0.29) is 11.5 Å². The molecule has 5 rings (SSSR count). The molecule has 0 N–H and O–H groups in total. The monoisotopic (exact) mass is 505 g/mol. The van der Waals surface area contributed by atoms with Gasteiger partial charge in [-0.3, -0.25) is 9.69 Å². The summed E-state index contributed by atoms with van der Waals surface area (Å²) in [5, 5.41) is 0. The molecular formula is C27H24BrNO4. The molecule has 6 heteroatoms. The number of nitrogens with zero attached hydrogens (tertiary/aromatic N) is 1. The standard InChI is InChI=1S/C27H24BrNO4/c1-16-4-6-18(7-5-16)13-29-14-21-23(32-15-29)10-17(2)25-26(30)24(33-27(21)25)12-19-11-20(28)8-9-22(19)31-3/h4-12H,13-15H2,1-3H3/b24-12-. The predicted molar refractivity (Wildman–Crippen MR) is 131 cm³/mol. The number of fused-ring (bicyclic) bond motifs is 3. The molecule has 0 bridgehead atoms. The van der Waals surface area contributed by atoms with Crippen LogP contribution < -0.4 is 14.2 Å². The average Bonchev–Trinajstić information content (AvgIpc) is 3.13. The highest BCUT2D eigenvalue weighted by atomic mass is 79.9. The Morgan fingerprint density at radius 2 is 1.91 bits per heavy atom. The number of allylic oxidation sites excluding steroid dienone is 1. The van der Waals surface area contributed by atoms with Crippen molar-refractivity contribution in [1.82, 2.24) is 4.90 Å². The normalized spacial score (nSPS) is 16.2. The molecule has 0 unspecified atom stereocenters. The summed E-state index contributed by atoms with van der Waals surface area (Å²) in [4.78, 5) is 15.5. The Morgan fingerprint density at radius 1 is 1.12 bits per heavy atom. The maximum atomic E-state index is 13.3. The Labute approximate surface area is 201 Å². The molecule has 0 aliphatic carbocycles. The van der Waals surface area contributed by atoms with Gasteiger partial charge in [-0.25, -0.2) is 0 Å². The smallest absolute Gasteiger partial charge is 0.232 e. The van der Waals surface area contributed by atoms with Crippen molar-refractivity contribution in [2.75, 3.05) is 13.8 Å². The number of carbonyl (C=O) groups excluding carboxylic acids is 1. The number of aryl methyl sites for hydroxylation is 2. The second-order valence-corrected chi connectivity index (χ2v) is 9.36. The summed E-state index contributed by atoms with van der Waals surface area (Å²) in [5.41, 5.74) is 5.59. The molecule has 0 atom stereocenters. The molecule has 2 aliphatic rings. The van der Waals surface area contributed by atoms with E-state index in [1.165, 1.54) is 11.1 Å². The molecule has 3 aromatic carbocycles. The third-order valence-electron chi connectivity index (χ3n) is 5.99. The van der Waals surface area contributed by atoms with E-state index < -0.39 is 0 Å². The Kier molecular flexibility index (Phi) is 5.72. The quantitative estimate of drug-likeness (QED) is 0.404. The largest absolute Gasteiger partial charge is 0.496 e. The molecule has 0 fully saturated rings. The summed E-state index contributed by atoms with van der Waals surface area (Å²) in [5.74, 6) is 2.21. The van der Waals surface area contributed by atoms with E-state index in [1.807, 2.05) is 31.2 Å². The zero-order valence-electron chi connectivity index (χ0n) is 18.8. The van der Waals surface area contributed by atoms with Crippen molar-refractivity contribution in [2.45, 2.75) is 26.9 Å². The number of halogens is 1. The second kappa shape index (κ2) is 8.69. The van der Waals surface area contributed by atoms with Crippen molar-refractivity contribution in [3.8, 4) is 17.2 Å². The van der Waals surface area contributed by atoms with Crippen molar-refractivity contribution >= 4 is 27.8 Å². The fourth-order valence-electron chi connectivity index (χ4n) is 4.29. The molecule has 5 nitrogen and oxygen atoms in total. The van der Waals surface area contributed by atoms with Gasteiger partial charge in [-0.15, -0.1) is 0 Å². The van der Waals surface area contributed by atoms with Gasteiger partial charge in [0.05, 0.1) is 18.2 Å². The van der Waals surface area contributed by atoms with Crippen LogP contribution in [0.1, 0.15) is 38.2 Å². The molecule has 0 saturated heterocycles. The van der Waals surface area contributed by atoms with Crippen molar-refractivity contribution in [1.29, 1.82) is 0 Å². The SMILES string of the molecule is COc1ccc(Br)cc1/C=C1\Oc2c3c(cc(C)c2C1=O)OCN(Cc1ccc(C)cc1)C3. The van der Waals surface area contributed by atoms with E-state index in [0.29, 0.717) is 30.3 Å².